The van der Waals surface area contributed by atoms with Crippen molar-refractivity contribution in [3.8, 4) is 35.5 Å². The number of carbonyl (C=O) groups is 9. The van der Waals surface area contributed by atoms with E-state index in [0.29, 0.717) is 80.0 Å². The summed E-state index contributed by atoms with van der Waals surface area (Å²) in [7, 11) is 0. The number of hydroxylamine groups is 10. The number of carboxylic acids is 1. The van der Waals surface area contributed by atoms with Crippen LogP contribution in [0.5, 0.6) is 0 Å². The van der Waals surface area contributed by atoms with Crippen LogP contribution in [0.25, 0.3) is 0 Å². The normalized spacial score (nSPS) is 17.2. The van der Waals surface area contributed by atoms with Gasteiger partial charge in [0.15, 0.2) is 0 Å². The number of piperidine rings is 3. The van der Waals surface area contributed by atoms with Crippen molar-refractivity contribution in [3.05, 3.63) is 284 Å². The van der Waals surface area contributed by atoms with Crippen LogP contribution in [0.4, 0.5) is 0 Å². The standard InChI is InChI=1S/2C24H25N3O4.C20H19NO3.C12H15NO2.C11H14N2O2.C5H9NO2.C5H9NO/c2*28-23-18-26(11-12-27(23)30)24(29)22-9-7-20(8-10-22)2-1-19-3-5-21(6-4-19)17-25-13-15-31-16-14-25;22-20(23)19-9-7-17(8-10-19)2-1-16-3-5-18(6-4-16)15-21-11-13-24-14-12-21;14-12-8-4-5-9-13(12)15-10-11-6-2-1-3-7-11;14-11-8-12-6-7-13(11)15-9-10-4-2-1-3-5-10;7-5-3-1-2-4-6(5)8;7-5-3-1-2-4-6-5/h2*3-10,30H,11-18H2;3-10H,11-15H2,(H,22,23);1-3,6-7H,4-5,8-10H2;1-5,12H,6-9H2;8H,1-4H2;1-4H2,(H,6,7). The van der Waals surface area contributed by atoms with Crippen LogP contribution in [-0.2, 0) is 85.5 Å². The van der Waals surface area contributed by atoms with E-state index < -0.39 is 17.8 Å². The number of piperazine rings is 3. The highest BCUT2D eigenvalue weighted by atomic mass is 16.7. The summed E-state index contributed by atoms with van der Waals surface area (Å²) in [5.41, 5.74) is 12.5. The van der Waals surface area contributed by atoms with Gasteiger partial charge in [-0.05, 0) is 176 Å². The Bertz CT molecular complexity index is 4940. The van der Waals surface area contributed by atoms with E-state index in [1.165, 1.54) is 36.6 Å². The molecule has 17 rings (SSSR count). The zero-order chi connectivity index (χ0) is 92.2. The molecule has 0 bridgehead atoms. The summed E-state index contributed by atoms with van der Waals surface area (Å²) in [6.07, 6.45) is 7.99. The molecule has 0 saturated carbocycles. The SMILES string of the molecule is O=C(O)c1ccc(C#Cc2ccc(CN3CCOCC3)cc2)cc1.O=C1CCCCN1.O=C1CCCCN1O.O=C1CCCCN1OCc1ccccc1.O=C1CN(C(=O)c2ccc(C#Cc3ccc(CN4CCOCC4)cc3)cc2)CCN1O.O=C1CN(C(=O)c2ccc(C#Cc3ccc(CN4CCOCC4)cc3)cc2)CCN1O.O=C1CNCCN1OCc1ccccc1. The minimum Gasteiger partial charge on any atom is -0.478 e. The van der Waals surface area contributed by atoms with E-state index in [1.807, 2.05) is 97.1 Å². The minimum absolute atomic E-state index is 0.00261. The summed E-state index contributed by atoms with van der Waals surface area (Å²) in [4.78, 5) is 124. The molecule has 9 aliphatic heterocycles. The molecule has 0 aromatic heterocycles. The Morgan fingerprint density at radius 2 is 0.672 bits per heavy atom. The highest BCUT2D eigenvalue weighted by molar-refractivity contribution is 5.98. The van der Waals surface area contributed by atoms with E-state index in [9.17, 15) is 53.6 Å². The summed E-state index contributed by atoms with van der Waals surface area (Å²) in [6, 6.07) is 65.2. The molecule has 30 heteroatoms. The van der Waals surface area contributed by atoms with Crippen LogP contribution in [0.3, 0.4) is 0 Å². The molecule has 9 aliphatic rings. The molecular formula is C101H116N12O18. The number of benzene rings is 8. The van der Waals surface area contributed by atoms with Gasteiger partial charge in [0.2, 0.25) is 17.7 Å². The molecule has 8 aromatic carbocycles. The fourth-order valence-electron chi connectivity index (χ4n) is 14.3. The molecule has 6 N–H and O–H groups in total. The third kappa shape index (κ3) is 34.9. The first-order valence-corrected chi connectivity index (χ1v) is 44.5. The first-order valence-electron chi connectivity index (χ1n) is 44.5. The molecule has 0 atom stereocenters. The summed E-state index contributed by atoms with van der Waals surface area (Å²) in [5, 5.41) is 47.0. The van der Waals surface area contributed by atoms with Gasteiger partial charge in [0.25, 0.3) is 29.5 Å². The predicted octanol–water partition coefficient (Wildman–Crippen LogP) is 9.16. The van der Waals surface area contributed by atoms with Crippen molar-refractivity contribution >= 4 is 53.2 Å². The van der Waals surface area contributed by atoms with Crippen molar-refractivity contribution < 1.29 is 87.8 Å². The van der Waals surface area contributed by atoms with Crippen LogP contribution >= 0.6 is 0 Å². The van der Waals surface area contributed by atoms with Gasteiger partial charge in [-0.3, -0.25) is 78.4 Å². The number of nitrogens with one attached hydrogen (secondary N) is 2. The number of rotatable bonds is 15. The van der Waals surface area contributed by atoms with Gasteiger partial charge < -0.3 is 39.8 Å². The van der Waals surface area contributed by atoms with Crippen LogP contribution in [0, 0.1) is 35.5 Å². The van der Waals surface area contributed by atoms with Crippen LogP contribution < -0.4 is 10.6 Å². The summed E-state index contributed by atoms with van der Waals surface area (Å²) in [6.45, 7) is 18.9. The highest BCUT2D eigenvalue weighted by Crippen LogP contribution is 2.19. The second-order valence-electron chi connectivity index (χ2n) is 32.0. The topological polar surface area (TPSA) is 337 Å². The Morgan fingerprint density at radius 3 is 0.985 bits per heavy atom. The second-order valence-corrected chi connectivity index (χ2v) is 32.0. The van der Waals surface area contributed by atoms with Crippen LogP contribution in [0.2, 0.25) is 0 Å². The number of ether oxygens (including phenoxy) is 3. The molecule has 30 nitrogen and oxygen atoms in total. The molecule has 131 heavy (non-hydrogen) atoms. The van der Waals surface area contributed by atoms with Gasteiger partial charge >= 0.3 is 5.97 Å². The first-order chi connectivity index (χ1) is 63.8. The average Bonchev–Trinajstić information content (AvgIpc) is 0.831. The van der Waals surface area contributed by atoms with Gasteiger partial charge in [0.1, 0.15) is 26.3 Å². The maximum absolute atomic E-state index is 12.5. The third-order valence-corrected chi connectivity index (χ3v) is 22.0. The lowest BCUT2D eigenvalue weighted by molar-refractivity contribution is -0.196. The maximum Gasteiger partial charge on any atom is 0.335 e. The van der Waals surface area contributed by atoms with Crippen LogP contribution in [-0.4, -0.2) is 281 Å². The number of hydrogen-bond acceptors (Lipinski definition) is 21. The van der Waals surface area contributed by atoms with E-state index in [2.05, 4.69) is 97.3 Å². The molecular weight excluding hydrogens is 1670 g/mol. The molecule has 8 amide bonds. The average molecular weight is 1790 g/mol. The van der Waals surface area contributed by atoms with E-state index in [0.717, 1.165) is 213 Å². The van der Waals surface area contributed by atoms with E-state index in [-0.39, 0.29) is 67.2 Å². The molecule has 9 heterocycles. The van der Waals surface area contributed by atoms with Crippen molar-refractivity contribution in [3.63, 3.8) is 0 Å². The molecule has 9 fully saturated rings. The van der Waals surface area contributed by atoms with E-state index in [1.54, 1.807) is 72.8 Å². The summed E-state index contributed by atoms with van der Waals surface area (Å²) in [5.74, 6) is 16.6. The predicted molar refractivity (Wildman–Crippen MR) is 487 cm³/mol. The highest BCUT2D eigenvalue weighted by Gasteiger charge is 2.29. The second kappa shape index (κ2) is 54.0. The maximum atomic E-state index is 12.5. The Morgan fingerprint density at radius 1 is 0.328 bits per heavy atom. The Kier molecular flexibility index (Phi) is 40.7. The number of carboxylic acid groups (broad SMARTS) is 1. The Hall–Kier alpha value is -12.8. The molecule has 0 spiro atoms. The molecule has 0 aliphatic carbocycles. The number of carbonyl (C=O) groups excluding carboxylic acids is 8. The van der Waals surface area contributed by atoms with Crippen molar-refractivity contribution in [2.24, 2.45) is 0 Å². The number of amides is 8. The zero-order valence-electron chi connectivity index (χ0n) is 74.0. The van der Waals surface area contributed by atoms with Crippen molar-refractivity contribution in [2.75, 3.05) is 157 Å². The smallest absolute Gasteiger partial charge is 0.335 e. The molecule has 0 unspecified atom stereocenters. The van der Waals surface area contributed by atoms with Crippen molar-refractivity contribution in [2.45, 2.75) is 90.6 Å². The lowest BCUT2D eigenvalue weighted by atomic mass is 10.1. The van der Waals surface area contributed by atoms with Crippen molar-refractivity contribution in [1.29, 1.82) is 0 Å². The number of aromatic carboxylic acids is 1. The number of hydrogen-bond donors (Lipinski definition) is 6. The van der Waals surface area contributed by atoms with Gasteiger partial charge in [0, 0.05) is 162 Å². The summed E-state index contributed by atoms with van der Waals surface area (Å²) < 4.78 is 16.1. The van der Waals surface area contributed by atoms with Gasteiger partial charge in [0.05, 0.1) is 71.4 Å². The van der Waals surface area contributed by atoms with E-state index in [4.69, 9.17) is 34.2 Å². The van der Waals surface area contributed by atoms with E-state index >= 15 is 0 Å². The Balaban J connectivity index is 0.000000155. The summed E-state index contributed by atoms with van der Waals surface area (Å²) >= 11 is 0. The Labute approximate surface area is 765 Å². The van der Waals surface area contributed by atoms with Gasteiger partial charge in [-0.15, -0.1) is 0 Å². The number of nitrogens with zero attached hydrogens (tertiary/aromatic N) is 10. The monoisotopic (exact) mass is 1780 g/mol. The minimum atomic E-state index is -0.926. The third-order valence-electron chi connectivity index (χ3n) is 22.0. The van der Waals surface area contributed by atoms with Gasteiger partial charge in [-0.1, -0.05) is 133 Å². The molecule has 0 radical (unpaired) electrons. The lowest BCUT2D eigenvalue weighted by Crippen LogP contribution is -2.50. The molecule has 9 saturated heterocycles. The fraction of sp³-hybridized carbons (Fsp3) is 0.376. The van der Waals surface area contributed by atoms with Gasteiger partial charge in [-0.2, -0.15) is 0 Å². The lowest BCUT2D eigenvalue weighted by Gasteiger charge is -2.30. The van der Waals surface area contributed by atoms with Crippen LogP contribution in [0.15, 0.2) is 206 Å². The molecule has 688 valence electrons. The largest absolute Gasteiger partial charge is 0.478 e. The molecule has 8 aromatic rings. The first kappa shape index (κ1) is 98.8. The number of morpholine rings is 3. The van der Waals surface area contributed by atoms with Crippen LogP contribution in [0.1, 0.15) is 150 Å². The van der Waals surface area contributed by atoms with Crippen molar-refractivity contribution in [1.82, 2.24) is 60.4 Å². The quantitative estimate of drug-likeness (QED) is 0.0411. The zero-order valence-corrected chi connectivity index (χ0v) is 74.0. The van der Waals surface area contributed by atoms with Gasteiger partial charge in [-0.25, -0.2) is 30.1 Å². The fourth-order valence-corrected chi connectivity index (χ4v) is 14.3.